The minimum absolute atomic E-state index is 0.0571. The monoisotopic (exact) mass is 328 g/mol. The molecule has 130 valence electrons. The number of allylic oxidation sites excluding steroid dienone is 2. The molecule has 1 heterocycles. The van der Waals surface area contributed by atoms with Crippen molar-refractivity contribution in [2.75, 3.05) is 0 Å². The van der Waals surface area contributed by atoms with Crippen LogP contribution < -0.4 is 0 Å². The molecule has 3 heteroatoms. The molecule has 3 nitrogen and oxygen atoms in total. The van der Waals surface area contributed by atoms with E-state index in [1.54, 1.807) is 0 Å². The number of carbonyl (C=O) groups excluding carboxylic acids is 2. The number of hydrogen-bond donors (Lipinski definition) is 0. The predicted octanol–water partition coefficient (Wildman–Crippen LogP) is 4.70. The van der Waals surface area contributed by atoms with Crippen molar-refractivity contribution in [3.05, 3.63) is 35.8 Å². The van der Waals surface area contributed by atoms with Gasteiger partial charge in [-0.3, -0.25) is 0 Å². The van der Waals surface area contributed by atoms with Crippen molar-refractivity contribution in [3.8, 4) is 0 Å². The molecule has 0 N–H and O–H groups in total. The van der Waals surface area contributed by atoms with E-state index in [9.17, 15) is 9.59 Å². The van der Waals surface area contributed by atoms with Gasteiger partial charge in [-0.2, -0.15) is 0 Å². The quantitative estimate of drug-likeness (QED) is 0.538. The van der Waals surface area contributed by atoms with Gasteiger partial charge in [-0.1, -0.05) is 32.9 Å². The third kappa shape index (κ3) is 2.49. The lowest BCUT2D eigenvalue weighted by atomic mass is 9.40. The van der Waals surface area contributed by atoms with Crippen LogP contribution >= 0.6 is 0 Å². The van der Waals surface area contributed by atoms with Crippen LogP contribution in [0.1, 0.15) is 57.5 Å². The van der Waals surface area contributed by atoms with Gasteiger partial charge < -0.3 is 14.0 Å². The lowest BCUT2D eigenvalue weighted by Gasteiger charge is -2.64. The summed E-state index contributed by atoms with van der Waals surface area (Å²) < 4.78 is 5.70. The van der Waals surface area contributed by atoms with Gasteiger partial charge in [0, 0.05) is 17.8 Å². The highest BCUT2D eigenvalue weighted by atomic mass is 16.3. The highest BCUT2D eigenvalue weighted by Gasteiger charge is 2.60. The van der Waals surface area contributed by atoms with E-state index in [1.165, 1.54) is 0 Å². The zero-order valence-electron chi connectivity index (χ0n) is 15.1. The van der Waals surface area contributed by atoms with Crippen LogP contribution in [0, 0.1) is 35.5 Å². The van der Waals surface area contributed by atoms with Crippen molar-refractivity contribution in [1.82, 2.24) is 0 Å². The standard InChI is InChI=1S/C21H28O3/c1-14-7-8-19(24-14)15(2)18(13-23)16(12-22)10-21-9-5-6-17(11-21)20(21,3)4/h5,7-9,12-13,15-18H,6,10-11H2,1-4H3. The molecule has 1 aromatic heterocycles. The van der Waals surface area contributed by atoms with Gasteiger partial charge in [-0.05, 0) is 55.1 Å². The zero-order chi connectivity index (χ0) is 17.5. The minimum atomic E-state index is -0.340. The second kappa shape index (κ2) is 6.02. The summed E-state index contributed by atoms with van der Waals surface area (Å²) in [4.78, 5) is 23.7. The number of aryl methyl sites for hydroxylation is 1. The molecule has 1 aromatic rings. The molecule has 0 radical (unpaired) electrons. The van der Waals surface area contributed by atoms with Crippen LogP contribution in [0.15, 0.2) is 28.7 Å². The maximum atomic E-state index is 11.9. The summed E-state index contributed by atoms with van der Waals surface area (Å²) in [6, 6.07) is 3.83. The molecule has 5 unspecified atom stereocenters. The first-order valence-electron chi connectivity index (χ1n) is 8.99. The van der Waals surface area contributed by atoms with Crippen LogP contribution in [-0.4, -0.2) is 12.6 Å². The molecule has 4 rings (SSSR count). The van der Waals surface area contributed by atoms with Crippen molar-refractivity contribution < 1.29 is 14.0 Å². The molecule has 3 aliphatic carbocycles. The Morgan fingerprint density at radius 1 is 1.29 bits per heavy atom. The van der Waals surface area contributed by atoms with Gasteiger partial charge in [0.1, 0.15) is 24.1 Å². The van der Waals surface area contributed by atoms with Gasteiger partial charge in [-0.25, -0.2) is 0 Å². The van der Waals surface area contributed by atoms with E-state index < -0.39 is 0 Å². The first-order chi connectivity index (χ1) is 11.3. The van der Waals surface area contributed by atoms with E-state index in [-0.39, 0.29) is 28.6 Å². The normalized spacial score (nSPS) is 30.9. The molecule has 24 heavy (non-hydrogen) atoms. The molecule has 0 aliphatic heterocycles. The Bertz CT molecular complexity index is 654. The third-order valence-electron chi connectivity index (χ3n) is 6.99. The summed E-state index contributed by atoms with van der Waals surface area (Å²) in [7, 11) is 0. The largest absolute Gasteiger partial charge is 0.466 e. The van der Waals surface area contributed by atoms with Crippen LogP contribution in [0.4, 0.5) is 0 Å². The number of fused-ring (bicyclic) bond motifs is 1. The number of aldehydes is 2. The Kier molecular flexibility index (Phi) is 4.31. The molecule has 0 spiro atoms. The molecular weight excluding hydrogens is 300 g/mol. The SMILES string of the molecule is Cc1ccc(C(C)C(C=O)C(C=O)CC23C=CCC(C2)C3(C)C)o1. The first-order valence-corrected chi connectivity index (χ1v) is 8.99. The van der Waals surface area contributed by atoms with Crippen LogP contribution in [0.25, 0.3) is 0 Å². The van der Waals surface area contributed by atoms with E-state index in [4.69, 9.17) is 4.42 Å². The Labute approximate surface area is 144 Å². The van der Waals surface area contributed by atoms with Crippen LogP contribution in [-0.2, 0) is 9.59 Å². The lowest BCUT2D eigenvalue weighted by Crippen LogP contribution is -2.56. The fourth-order valence-electron chi connectivity index (χ4n) is 4.94. The van der Waals surface area contributed by atoms with E-state index in [1.807, 2.05) is 26.0 Å². The van der Waals surface area contributed by atoms with Gasteiger partial charge in [0.2, 0.25) is 0 Å². The summed E-state index contributed by atoms with van der Waals surface area (Å²) in [5.41, 5.74) is 0.266. The Morgan fingerprint density at radius 3 is 2.54 bits per heavy atom. The first kappa shape index (κ1) is 17.2. The van der Waals surface area contributed by atoms with Crippen molar-refractivity contribution >= 4 is 12.6 Å². The average molecular weight is 328 g/mol. The Hall–Kier alpha value is -1.64. The van der Waals surface area contributed by atoms with E-state index >= 15 is 0 Å². The number of carbonyl (C=O) groups is 2. The molecule has 2 bridgehead atoms. The van der Waals surface area contributed by atoms with Crippen molar-refractivity contribution in [2.45, 2.75) is 52.9 Å². The average Bonchev–Trinajstić information content (AvgIpc) is 3.01. The Morgan fingerprint density at radius 2 is 2.04 bits per heavy atom. The summed E-state index contributed by atoms with van der Waals surface area (Å²) >= 11 is 0. The second-order valence-corrected chi connectivity index (χ2v) is 8.37. The molecule has 1 saturated carbocycles. The second-order valence-electron chi connectivity index (χ2n) is 8.37. The molecule has 0 aromatic carbocycles. The van der Waals surface area contributed by atoms with Gasteiger partial charge in [0.05, 0.1) is 0 Å². The Balaban J connectivity index is 1.82. The lowest BCUT2D eigenvalue weighted by molar-refractivity contribution is -0.132. The van der Waals surface area contributed by atoms with E-state index in [0.29, 0.717) is 5.92 Å². The van der Waals surface area contributed by atoms with Crippen LogP contribution in [0.5, 0.6) is 0 Å². The van der Waals surface area contributed by atoms with Gasteiger partial charge >= 0.3 is 0 Å². The molecule has 3 aliphatic rings. The molecular formula is C21H28O3. The molecule has 0 amide bonds. The van der Waals surface area contributed by atoms with Gasteiger partial charge in [0.15, 0.2) is 0 Å². The maximum absolute atomic E-state index is 11.9. The highest BCUT2D eigenvalue weighted by molar-refractivity contribution is 5.66. The number of rotatable bonds is 7. The smallest absolute Gasteiger partial charge is 0.124 e. The summed E-state index contributed by atoms with van der Waals surface area (Å²) in [5, 5.41) is 0. The maximum Gasteiger partial charge on any atom is 0.124 e. The number of hydrogen-bond acceptors (Lipinski definition) is 3. The van der Waals surface area contributed by atoms with Crippen LogP contribution in [0.2, 0.25) is 0 Å². The highest BCUT2D eigenvalue weighted by Crippen LogP contribution is 2.67. The zero-order valence-corrected chi connectivity index (χ0v) is 15.1. The van der Waals surface area contributed by atoms with Crippen molar-refractivity contribution in [2.24, 2.45) is 28.6 Å². The summed E-state index contributed by atoms with van der Waals surface area (Å²) in [5.74, 6) is 1.63. The summed E-state index contributed by atoms with van der Waals surface area (Å²) in [6.07, 6.45) is 9.55. The van der Waals surface area contributed by atoms with Crippen molar-refractivity contribution in [1.29, 1.82) is 0 Å². The summed E-state index contributed by atoms with van der Waals surface area (Å²) in [6.45, 7) is 8.49. The van der Waals surface area contributed by atoms with Crippen LogP contribution in [0.3, 0.4) is 0 Å². The molecule has 0 saturated heterocycles. The minimum Gasteiger partial charge on any atom is -0.466 e. The topological polar surface area (TPSA) is 47.3 Å². The fraction of sp³-hybridized carbons (Fsp3) is 0.619. The van der Waals surface area contributed by atoms with E-state index in [2.05, 4.69) is 26.0 Å². The fourth-order valence-corrected chi connectivity index (χ4v) is 4.94. The van der Waals surface area contributed by atoms with E-state index in [0.717, 1.165) is 43.4 Å². The van der Waals surface area contributed by atoms with Gasteiger partial charge in [-0.15, -0.1) is 0 Å². The molecule has 1 fully saturated rings. The number of furan rings is 1. The van der Waals surface area contributed by atoms with Crippen molar-refractivity contribution in [3.63, 3.8) is 0 Å². The molecule has 5 atom stereocenters. The predicted molar refractivity (Wildman–Crippen MR) is 93.7 cm³/mol. The third-order valence-corrected chi connectivity index (χ3v) is 6.99. The van der Waals surface area contributed by atoms with Gasteiger partial charge in [0.25, 0.3) is 0 Å².